The first-order valence-electron chi connectivity index (χ1n) is 8.13. The lowest BCUT2D eigenvalue weighted by Crippen LogP contribution is -3.00. The smallest absolute Gasteiger partial charge is 0.223 e. The molecule has 1 heterocycles. The molecule has 26 heavy (non-hydrogen) atoms. The van der Waals surface area contributed by atoms with E-state index in [9.17, 15) is 0 Å². The summed E-state index contributed by atoms with van der Waals surface area (Å²) in [6, 6.07) is 7.87. The van der Waals surface area contributed by atoms with Crippen molar-refractivity contribution in [1.29, 1.82) is 0 Å². The summed E-state index contributed by atoms with van der Waals surface area (Å²) in [6.07, 6.45) is 4.97. The molecule has 0 unspecified atom stereocenters. The van der Waals surface area contributed by atoms with Crippen molar-refractivity contribution in [3.63, 3.8) is 0 Å². The number of hydrogen-bond acceptors (Lipinski definition) is 4. The minimum absolute atomic E-state index is 0. The molecule has 0 bridgehead atoms. The zero-order valence-corrected chi connectivity index (χ0v) is 18.3. The van der Waals surface area contributed by atoms with Gasteiger partial charge in [-0.15, -0.1) is 0 Å². The summed E-state index contributed by atoms with van der Waals surface area (Å²) in [7, 11) is 8.55. The van der Waals surface area contributed by atoms with Gasteiger partial charge in [0.2, 0.25) is 17.1 Å². The molecule has 6 heteroatoms. The normalized spacial score (nSPS) is 10.4. The van der Waals surface area contributed by atoms with E-state index in [0.717, 1.165) is 29.1 Å². The van der Waals surface area contributed by atoms with Gasteiger partial charge in [-0.25, -0.2) is 0 Å². The van der Waals surface area contributed by atoms with Crippen molar-refractivity contribution in [2.45, 2.75) is 13.3 Å². The van der Waals surface area contributed by atoms with Gasteiger partial charge in [-0.05, 0) is 29.8 Å². The minimum atomic E-state index is 0. The summed E-state index contributed by atoms with van der Waals surface area (Å²) in [5.74, 6) is 2.75. The number of nitrogens with zero attached hydrogens (tertiary/aromatic N) is 1. The number of halogens is 1. The third-order valence-electron chi connectivity index (χ3n) is 4.17. The molecule has 0 aliphatic rings. The van der Waals surface area contributed by atoms with Crippen LogP contribution in [0.4, 0.5) is 0 Å². The van der Waals surface area contributed by atoms with Gasteiger partial charge in [0.1, 0.15) is 7.05 Å². The van der Waals surface area contributed by atoms with E-state index in [0.29, 0.717) is 17.2 Å². The molecule has 1 aromatic carbocycles. The van der Waals surface area contributed by atoms with Gasteiger partial charge in [0, 0.05) is 18.6 Å². The summed E-state index contributed by atoms with van der Waals surface area (Å²) >= 11 is 0. The van der Waals surface area contributed by atoms with Crippen LogP contribution in [-0.2, 0) is 13.5 Å². The molecule has 0 aliphatic carbocycles. The van der Waals surface area contributed by atoms with E-state index in [1.807, 2.05) is 37.4 Å². The Balaban J connectivity index is 0.00000338. The van der Waals surface area contributed by atoms with E-state index in [-0.39, 0.29) is 24.0 Å². The number of benzene rings is 1. The van der Waals surface area contributed by atoms with Crippen molar-refractivity contribution in [3.05, 3.63) is 41.2 Å². The first kappa shape index (κ1) is 22.1. The maximum absolute atomic E-state index is 5.43. The maximum atomic E-state index is 5.43. The third kappa shape index (κ3) is 4.60. The van der Waals surface area contributed by atoms with E-state index in [1.165, 1.54) is 0 Å². The average molecular weight is 471 g/mol. The molecule has 0 atom stereocenters. The van der Waals surface area contributed by atoms with Gasteiger partial charge in [-0.2, -0.15) is 4.57 Å². The van der Waals surface area contributed by atoms with Crippen molar-refractivity contribution in [3.8, 4) is 23.0 Å². The van der Waals surface area contributed by atoms with Gasteiger partial charge >= 0.3 is 0 Å². The van der Waals surface area contributed by atoms with Crippen molar-refractivity contribution < 1.29 is 47.5 Å². The third-order valence-corrected chi connectivity index (χ3v) is 4.17. The number of hydrogen-bond donors (Lipinski definition) is 0. The molecule has 0 radical (unpaired) electrons. The topological polar surface area (TPSA) is 40.8 Å². The summed E-state index contributed by atoms with van der Waals surface area (Å²) in [5.41, 5.74) is 3.18. The highest BCUT2D eigenvalue weighted by atomic mass is 127. The lowest BCUT2D eigenvalue weighted by Gasteiger charge is -2.12. The fourth-order valence-electron chi connectivity index (χ4n) is 2.83. The average Bonchev–Trinajstić information content (AvgIpc) is 2.65. The Kier molecular flexibility index (Phi) is 8.71. The predicted molar refractivity (Wildman–Crippen MR) is 98.6 cm³/mol. The zero-order valence-electron chi connectivity index (χ0n) is 16.1. The second-order valence-corrected chi connectivity index (χ2v) is 5.48. The number of methoxy groups -OCH3 is 4. The highest BCUT2D eigenvalue weighted by molar-refractivity contribution is 5.71. The number of aromatic nitrogens is 1. The van der Waals surface area contributed by atoms with Crippen molar-refractivity contribution in [2.24, 2.45) is 7.05 Å². The van der Waals surface area contributed by atoms with E-state index in [1.54, 1.807) is 28.4 Å². The molecule has 0 aliphatic heterocycles. The standard InChI is InChI=1S/C20H26NO4.HI/c1-7-16-17(22-3)11-10-15(21(16)2)9-8-14-12-18(23-4)20(25-6)19(13-14)24-5;/h8-13H,7H2,1-6H3;1H/q+1;/p-1/b9-8+;. The van der Waals surface area contributed by atoms with Crippen LogP contribution in [0.3, 0.4) is 0 Å². The molecule has 0 N–H and O–H groups in total. The summed E-state index contributed by atoms with van der Waals surface area (Å²) in [5, 5.41) is 0. The SMILES string of the molecule is CCc1c(OC)ccc(/C=C/c2cc(OC)c(OC)c(OC)c2)[n+]1C.[I-]. The number of ether oxygens (including phenoxy) is 4. The maximum Gasteiger partial charge on any atom is 0.223 e. The first-order valence-corrected chi connectivity index (χ1v) is 8.13. The molecule has 0 saturated carbocycles. The van der Waals surface area contributed by atoms with Crippen LogP contribution >= 0.6 is 0 Å². The number of pyridine rings is 1. The molecule has 5 nitrogen and oxygen atoms in total. The Morgan fingerprint density at radius 1 is 0.846 bits per heavy atom. The molecule has 0 fully saturated rings. The summed E-state index contributed by atoms with van der Waals surface area (Å²) in [6.45, 7) is 2.12. The molecular weight excluding hydrogens is 445 g/mol. The predicted octanol–water partition coefficient (Wildman–Crippen LogP) is 0.282. The number of rotatable bonds is 7. The Morgan fingerprint density at radius 3 is 1.88 bits per heavy atom. The molecule has 2 aromatic rings. The van der Waals surface area contributed by atoms with E-state index >= 15 is 0 Å². The van der Waals surface area contributed by atoms with Gasteiger partial charge in [-0.1, -0.05) is 6.92 Å². The van der Waals surface area contributed by atoms with Crippen LogP contribution in [-0.4, -0.2) is 28.4 Å². The highest BCUT2D eigenvalue weighted by Gasteiger charge is 2.16. The van der Waals surface area contributed by atoms with Crippen molar-refractivity contribution in [1.82, 2.24) is 0 Å². The fourth-order valence-corrected chi connectivity index (χ4v) is 2.83. The molecule has 1 aromatic heterocycles. The van der Waals surface area contributed by atoms with Gasteiger partial charge in [-0.3, -0.25) is 0 Å². The summed E-state index contributed by atoms with van der Waals surface area (Å²) < 4.78 is 23.7. The van der Waals surface area contributed by atoms with E-state index in [2.05, 4.69) is 17.6 Å². The van der Waals surface area contributed by atoms with Gasteiger partial charge in [0.05, 0.1) is 28.4 Å². The van der Waals surface area contributed by atoms with Crippen LogP contribution in [0.25, 0.3) is 12.2 Å². The van der Waals surface area contributed by atoms with E-state index in [4.69, 9.17) is 18.9 Å². The van der Waals surface area contributed by atoms with Crippen LogP contribution in [0.15, 0.2) is 24.3 Å². The van der Waals surface area contributed by atoms with Crippen molar-refractivity contribution in [2.75, 3.05) is 28.4 Å². The second kappa shape index (κ2) is 10.3. The second-order valence-electron chi connectivity index (χ2n) is 5.48. The van der Waals surface area contributed by atoms with Crippen LogP contribution in [0.2, 0.25) is 0 Å². The van der Waals surface area contributed by atoms with Crippen LogP contribution in [0.5, 0.6) is 23.0 Å². The van der Waals surface area contributed by atoms with Crippen LogP contribution < -0.4 is 47.5 Å². The quantitative estimate of drug-likeness (QED) is 0.430. The van der Waals surface area contributed by atoms with E-state index < -0.39 is 0 Å². The van der Waals surface area contributed by atoms with Crippen LogP contribution in [0, 0.1) is 0 Å². The Labute approximate surface area is 172 Å². The molecule has 0 saturated heterocycles. The largest absolute Gasteiger partial charge is 1.00 e. The first-order chi connectivity index (χ1) is 12.1. The highest BCUT2D eigenvalue weighted by Crippen LogP contribution is 2.38. The molecule has 2 rings (SSSR count). The minimum Gasteiger partial charge on any atom is -1.00 e. The van der Waals surface area contributed by atoms with Crippen molar-refractivity contribution >= 4 is 12.2 Å². The summed E-state index contributed by atoms with van der Waals surface area (Å²) in [4.78, 5) is 0. The molecule has 0 amide bonds. The fraction of sp³-hybridized carbons (Fsp3) is 0.350. The molecule has 142 valence electrons. The molecular formula is C20H26INO4. The van der Waals surface area contributed by atoms with Gasteiger partial charge in [0.25, 0.3) is 0 Å². The van der Waals surface area contributed by atoms with Gasteiger partial charge in [0.15, 0.2) is 17.2 Å². The Hall–Kier alpha value is -1.96. The lowest BCUT2D eigenvalue weighted by atomic mass is 10.1. The molecule has 0 spiro atoms. The Morgan fingerprint density at radius 2 is 1.42 bits per heavy atom. The zero-order chi connectivity index (χ0) is 18.4. The van der Waals surface area contributed by atoms with Crippen LogP contribution in [0.1, 0.15) is 23.9 Å². The Bertz CT molecular complexity index is 750. The monoisotopic (exact) mass is 471 g/mol. The lowest BCUT2D eigenvalue weighted by molar-refractivity contribution is -0.681. The van der Waals surface area contributed by atoms with Gasteiger partial charge < -0.3 is 42.9 Å².